The van der Waals surface area contributed by atoms with Crippen LogP contribution in [0.3, 0.4) is 0 Å². The summed E-state index contributed by atoms with van der Waals surface area (Å²) < 4.78 is 0. The maximum Gasteiger partial charge on any atom is 0.319 e. The molecule has 0 fully saturated rings. The quantitative estimate of drug-likeness (QED) is 0.433. The van der Waals surface area contributed by atoms with Crippen molar-refractivity contribution in [3.63, 3.8) is 0 Å². The van der Waals surface area contributed by atoms with E-state index in [0.717, 1.165) is 5.56 Å². The van der Waals surface area contributed by atoms with E-state index >= 15 is 0 Å². The number of aliphatic imine (C=N–C) groups is 1. The van der Waals surface area contributed by atoms with E-state index < -0.39 is 24.6 Å². The molecule has 2 aromatic carbocycles. The summed E-state index contributed by atoms with van der Waals surface area (Å²) in [4.78, 5) is 27.2. The summed E-state index contributed by atoms with van der Waals surface area (Å²) in [5.41, 5.74) is 7.22. The Balaban J connectivity index is 2.13. The zero-order valence-electron chi connectivity index (χ0n) is 14.2. The van der Waals surface area contributed by atoms with Crippen molar-refractivity contribution in [1.82, 2.24) is 5.32 Å². The molecule has 0 saturated carbocycles. The van der Waals surface area contributed by atoms with Crippen molar-refractivity contribution < 1.29 is 14.7 Å². The van der Waals surface area contributed by atoms with Gasteiger partial charge in [0, 0.05) is 15.7 Å². The van der Waals surface area contributed by atoms with Crippen molar-refractivity contribution in [1.29, 1.82) is 0 Å². The van der Waals surface area contributed by atoms with Crippen molar-refractivity contribution in [3.8, 4) is 0 Å². The van der Waals surface area contributed by atoms with Crippen LogP contribution in [0.1, 0.15) is 5.56 Å². The van der Waals surface area contributed by atoms with Crippen LogP contribution in [-0.4, -0.2) is 35.5 Å². The number of rotatable bonds is 6. The molecule has 7 nitrogen and oxygen atoms in total. The van der Waals surface area contributed by atoms with Gasteiger partial charge in [-0.25, -0.2) is 4.79 Å². The number of nitrogens with one attached hydrogen (secondary N) is 2. The molecule has 2 aromatic rings. The van der Waals surface area contributed by atoms with Crippen molar-refractivity contribution in [2.75, 3.05) is 11.9 Å². The molecule has 0 aliphatic heterocycles. The molecule has 142 valence electrons. The Bertz CT molecular complexity index is 824. The molecule has 5 N–H and O–H groups in total. The van der Waals surface area contributed by atoms with Gasteiger partial charge in [-0.1, -0.05) is 35.3 Å². The molecule has 0 saturated heterocycles. The van der Waals surface area contributed by atoms with Crippen LogP contribution in [0.2, 0.25) is 10.0 Å². The highest BCUT2D eigenvalue weighted by molar-refractivity contribution is 6.30. The predicted molar refractivity (Wildman–Crippen MR) is 106 cm³/mol. The summed E-state index contributed by atoms with van der Waals surface area (Å²) in [5.74, 6) is -0.913. The molecule has 0 heterocycles. The Hall–Kier alpha value is -2.61. The van der Waals surface area contributed by atoms with Gasteiger partial charge in [-0.05, 0) is 48.4 Å². The third kappa shape index (κ3) is 6.90. The Morgan fingerprint density at radius 2 is 1.59 bits per heavy atom. The van der Waals surface area contributed by atoms with E-state index in [1.165, 1.54) is 0 Å². The van der Waals surface area contributed by atoms with Gasteiger partial charge in [-0.15, -0.1) is 0 Å². The van der Waals surface area contributed by atoms with Gasteiger partial charge in [-0.3, -0.25) is 4.79 Å². The standard InChI is InChI=1S/C18H18Cl2N4O3/c19-12-3-1-11(2-4-12)9-15(17(21)24-16(26)10-25)23-18(27)22-14-7-5-13(20)6-8-14/h1-8,15,25H,9-10H2,(H2,21,24,26)(H2,22,23,27)/t15-/m0/s1. The molecule has 0 aliphatic carbocycles. The minimum Gasteiger partial charge on any atom is -0.386 e. The van der Waals surface area contributed by atoms with Crippen molar-refractivity contribution in [2.24, 2.45) is 10.7 Å². The van der Waals surface area contributed by atoms with Gasteiger partial charge in [0.2, 0.25) is 0 Å². The first kappa shape index (κ1) is 20.7. The van der Waals surface area contributed by atoms with Gasteiger partial charge in [0.15, 0.2) is 0 Å². The second-order valence-electron chi connectivity index (χ2n) is 5.58. The molecule has 2 rings (SSSR count). The van der Waals surface area contributed by atoms with Crippen LogP contribution in [0.4, 0.5) is 10.5 Å². The largest absolute Gasteiger partial charge is 0.386 e. The first-order chi connectivity index (χ1) is 12.9. The number of amides is 3. The molecular formula is C18H18Cl2N4O3. The Morgan fingerprint density at radius 1 is 1.04 bits per heavy atom. The molecular weight excluding hydrogens is 391 g/mol. The number of aliphatic hydroxyl groups excluding tert-OH is 1. The number of aliphatic hydroxyl groups is 1. The number of amidine groups is 1. The second kappa shape index (κ2) is 9.91. The number of benzene rings is 2. The lowest BCUT2D eigenvalue weighted by atomic mass is 10.1. The fraction of sp³-hybridized carbons (Fsp3) is 0.167. The molecule has 0 unspecified atom stereocenters. The second-order valence-corrected chi connectivity index (χ2v) is 6.45. The van der Waals surface area contributed by atoms with E-state index in [2.05, 4.69) is 15.6 Å². The van der Waals surface area contributed by atoms with Gasteiger partial charge < -0.3 is 21.5 Å². The zero-order valence-corrected chi connectivity index (χ0v) is 15.7. The highest BCUT2D eigenvalue weighted by atomic mass is 35.5. The molecule has 0 aliphatic rings. The summed E-state index contributed by atoms with van der Waals surface area (Å²) in [6, 6.07) is 12.2. The number of anilines is 1. The third-order valence-electron chi connectivity index (χ3n) is 3.51. The van der Waals surface area contributed by atoms with E-state index in [0.29, 0.717) is 15.7 Å². The molecule has 27 heavy (non-hydrogen) atoms. The lowest BCUT2D eigenvalue weighted by Crippen LogP contribution is -2.48. The summed E-state index contributed by atoms with van der Waals surface area (Å²) in [7, 11) is 0. The average Bonchev–Trinajstić information content (AvgIpc) is 2.64. The number of carbonyl (C=O) groups excluding carboxylic acids is 2. The van der Waals surface area contributed by atoms with E-state index in [9.17, 15) is 9.59 Å². The van der Waals surface area contributed by atoms with E-state index in [4.69, 9.17) is 34.0 Å². The first-order valence-electron chi connectivity index (χ1n) is 7.92. The lowest BCUT2D eigenvalue weighted by molar-refractivity contribution is -0.120. The maximum atomic E-state index is 12.3. The number of halogens is 2. The van der Waals surface area contributed by atoms with Gasteiger partial charge in [0.05, 0.1) is 6.04 Å². The molecule has 0 aromatic heterocycles. The topological polar surface area (TPSA) is 117 Å². The zero-order chi connectivity index (χ0) is 19.8. The third-order valence-corrected chi connectivity index (χ3v) is 4.01. The molecule has 1 atom stereocenters. The summed E-state index contributed by atoms with van der Waals surface area (Å²) in [6.07, 6.45) is 0.277. The van der Waals surface area contributed by atoms with Gasteiger partial charge in [0.1, 0.15) is 12.4 Å². The van der Waals surface area contributed by atoms with Gasteiger partial charge in [-0.2, -0.15) is 4.99 Å². The number of nitrogens with two attached hydrogens (primary N) is 1. The summed E-state index contributed by atoms with van der Waals surface area (Å²) in [5, 5.41) is 15.3. The van der Waals surface area contributed by atoms with Crippen molar-refractivity contribution >= 4 is 46.7 Å². The van der Waals surface area contributed by atoms with Crippen LogP contribution >= 0.6 is 23.2 Å². The van der Waals surface area contributed by atoms with Crippen LogP contribution in [0.25, 0.3) is 0 Å². The number of hydrogen-bond acceptors (Lipinski definition) is 3. The fourth-order valence-corrected chi connectivity index (χ4v) is 2.45. The molecule has 0 spiro atoms. The van der Waals surface area contributed by atoms with Crippen LogP contribution in [0.15, 0.2) is 53.5 Å². The van der Waals surface area contributed by atoms with E-state index in [1.807, 2.05) is 0 Å². The van der Waals surface area contributed by atoms with Crippen molar-refractivity contribution in [2.45, 2.75) is 12.5 Å². The summed E-state index contributed by atoms with van der Waals surface area (Å²) >= 11 is 11.7. The van der Waals surface area contributed by atoms with E-state index in [-0.39, 0.29) is 12.3 Å². The molecule has 3 amide bonds. The smallest absolute Gasteiger partial charge is 0.319 e. The highest BCUT2D eigenvalue weighted by Gasteiger charge is 2.18. The van der Waals surface area contributed by atoms with Crippen molar-refractivity contribution in [3.05, 3.63) is 64.1 Å². The predicted octanol–water partition coefficient (Wildman–Crippen LogP) is 2.60. The van der Waals surface area contributed by atoms with Crippen LogP contribution in [0.5, 0.6) is 0 Å². The Labute approximate surface area is 166 Å². The van der Waals surface area contributed by atoms with Gasteiger partial charge >= 0.3 is 6.03 Å². The number of hydrogen-bond donors (Lipinski definition) is 4. The van der Waals surface area contributed by atoms with Crippen LogP contribution in [-0.2, 0) is 11.2 Å². The SMILES string of the molecule is NC(=NC(=O)CO)[C@H](Cc1ccc(Cl)cc1)NC(=O)Nc1ccc(Cl)cc1. The molecule has 0 radical (unpaired) electrons. The number of nitrogens with zero attached hydrogens (tertiary/aromatic N) is 1. The number of carbonyl (C=O) groups is 2. The monoisotopic (exact) mass is 408 g/mol. The summed E-state index contributed by atoms with van der Waals surface area (Å²) in [6.45, 7) is -0.772. The minimum atomic E-state index is -0.798. The van der Waals surface area contributed by atoms with Crippen LogP contribution < -0.4 is 16.4 Å². The van der Waals surface area contributed by atoms with Crippen LogP contribution in [0, 0.1) is 0 Å². The highest BCUT2D eigenvalue weighted by Crippen LogP contribution is 2.14. The minimum absolute atomic E-state index is 0.116. The van der Waals surface area contributed by atoms with Gasteiger partial charge in [0.25, 0.3) is 5.91 Å². The molecule has 9 heteroatoms. The Morgan fingerprint density at radius 3 is 2.15 bits per heavy atom. The fourth-order valence-electron chi connectivity index (χ4n) is 2.20. The lowest BCUT2D eigenvalue weighted by Gasteiger charge is -2.19. The molecule has 0 bridgehead atoms. The average molecular weight is 409 g/mol. The Kier molecular flexibility index (Phi) is 7.60. The first-order valence-corrected chi connectivity index (χ1v) is 8.68. The normalized spacial score (nSPS) is 12.3. The van der Waals surface area contributed by atoms with E-state index in [1.54, 1.807) is 48.5 Å². The maximum absolute atomic E-state index is 12.3. The number of urea groups is 1.